The van der Waals surface area contributed by atoms with Crippen molar-refractivity contribution in [1.29, 1.82) is 0 Å². The molecular formula is C25H31N5O2. The van der Waals surface area contributed by atoms with Crippen molar-refractivity contribution in [1.82, 2.24) is 25.0 Å². The largest absolute Gasteiger partial charge is 0.379 e. The van der Waals surface area contributed by atoms with Gasteiger partial charge < -0.3 is 10.1 Å². The molecule has 7 nitrogen and oxygen atoms in total. The molecule has 2 aromatic carbocycles. The summed E-state index contributed by atoms with van der Waals surface area (Å²) in [5.74, 6) is 0.790. The molecule has 0 saturated carbocycles. The zero-order valence-corrected chi connectivity index (χ0v) is 18.7. The Morgan fingerprint density at radius 2 is 1.88 bits per heavy atom. The SMILES string of the molecule is Cc1cccc(-n2nc(C(=O)NCCCN3CCOCC3)nc2CCc2ccccc2)c1. The van der Waals surface area contributed by atoms with Crippen molar-refractivity contribution in [2.24, 2.45) is 0 Å². The van der Waals surface area contributed by atoms with Crippen LogP contribution in [0, 0.1) is 6.92 Å². The molecule has 168 valence electrons. The lowest BCUT2D eigenvalue weighted by Crippen LogP contribution is -2.38. The number of carbonyl (C=O) groups excluding carboxylic acids is 1. The average molecular weight is 434 g/mol. The van der Waals surface area contributed by atoms with Crippen LogP contribution in [0.2, 0.25) is 0 Å². The number of nitrogens with one attached hydrogen (secondary N) is 1. The quantitative estimate of drug-likeness (QED) is 0.526. The minimum atomic E-state index is -0.223. The van der Waals surface area contributed by atoms with Crippen molar-refractivity contribution in [3.05, 3.63) is 77.4 Å². The van der Waals surface area contributed by atoms with Gasteiger partial charge in [-0.25, -0.2) is 9.67 Å². The van der Waals surface area contributed by atoms with Crippen molar-refractivity contribution in [2.75, 3.05) is 39.4 Å². The Bertz CT molecular complexity index is 1010. The maximum atomic E-state index is 12.8. The Hall–Kier alpha value is -3.03. The first kappa shape index (κ1) is 22.2. The maximum Gasteiger partial charge on any atom is 0.290 e. The van der Waals surface area contributed by atoms with E-state index in [1.165, 1.54) is 5.56 Å². The molecule has 3 aromatic rings. The minimum absolute atomic E-state index is 0.223. The van der Waals surface area contributed by atoms with Crippen LogP contribution in [0.1, 0.15) is 34.0 Å². The fourth-order valence-electron chi connectivity index (χ4n) is 3.88. The second-order valence-corrected chi connectivity index (χ2v) is 8.15. The van der Waals surface area contributed by atoms with Gasteiger partial charge in [-0.1, -0.05) is 42.5 Å². The van der Waals surface area contributed by atoms with Crippen LogP contribution in [0.5, 0.6) is 0 Å². The van der Waals surface area contributed by atoms with Crippen molar-refractivity contribution in [3.63, 3.8) is 0 Å². The molecule has 0 spiro atoms. The van der Waals surface area contributed by atoms with Gasteiger partial charge in [-0.15, -0.1) is 5.10 Å². The molecule has 1 aliphatic rings. The van der Waals surface area contributed by atoms with E-state index in [-0.39, 0.29) is 11.7 Å². The molecule has 1 N–H and O–H groups in total. The van der Waals surface area contributed by atoms with Crippen LogP contribution >= 0.6 is 0 Å². The lowest BCUT2D eigenvalue weighted by molar-refractivity contribution is 0.0374. The molecule has 7 heteroatoms. The van der Waals surface area contributed by atoms with E-state index in [0.717, 1.165) is 62.8 Å². The number of aryl methyl sites for hydroxylation is 3. The summed E-state index contributed by atoms with van der Waals surface area (Å²) in [6.07, 6.45) is 2.44. The van der Waals surface area contributed by atoms with E-state index in [0.29, 0.717) is 13.0 Å². The highest BCUT2D eigenvalue weighted by Gasteiger charge is 2.18. The number of hydrogen-bond acceptors (Lipinski definition) is 5. The van der Waals surface area contributed by atoms with Crippen LogP contribution in [-0.4, -0.2) is 65.0 Å². The number of benzene rings is 2. The summed E-state index contributed by atoms with van der Waals surface area (Å²) in [4.78, 5) is 19.7. The van der Waals surface area contributed by atoms with Crippen molar-refractivity contribution in [3.8, 4) is 5.69 Å². The summed E-state index contributed by atoms with van der Waals surface area (Å²) in [7, 11) is 0. The Morgan fingerprint density at radius 1 is 1.06 bits per heavy atom. The van der Waals surface area contributed by atoms with E-state index in [2.05, 4.69) is 38.5 Å². The molecule has 1 amide bonds. The first-order valence-corrected chi connectivity index (χ1v) is 11.3. The number of morpholine rings is 1. The van der Waals surface area contributed by atoms with Crippen LogP contribution < -0.4 is 5.32 Å². The standard InChI is InChI=1S/C25H31N5O2/c1-20-7-5-10-22(19-20)30-23(12-11-21-8-3-2-4-9-21)27-24(28-30)25(31)26-13-6-14-29-15-17-32-18-16-29/h2-5,7-10,19H,6,11-18H2,1H3,(H,26,31). The zero-order chi connectivity index (χ0) is 22.2. The zero-order valence-electron chi connectivity index (χ0n) is 18.7. The van der Waals surface area contributed by atoms with Crippen molar-refractivity contribution in [2.45, 2.75) is 26.2 Å². The molecule has 2 heterocycles. The van der Waals surface area contributed by atoms with Crippen LogP contribution in [-0.2, 0) is 17.6 Å². The topological polar surface area (TPSA) is 72.3 Å². The molecule has 1 fully saturated rings. The monoisotopic (exact) mass is 433 g/mol. The molecule has 1 aliphatic heterocycles. The van der Waals surface area contributed by atoms with Crippen LogP contribution in [0.15, 0.2) is 54.6 Å². The number of nitrogens with zero attached hydrogens (tertiary/aromatic N) is 4. The van der Waals surface area contributed by atoms with Gasteiger partial charge in [0.05, 0.1) is 18.9 Å². The number of aromatic nitrogens is 3. The highest BCUT2D eigenvalue weighted by molar-refractivity contribution is 5.90. The lowest BCUT2D eigenvalue weighted by Gasteiger charge is -2.26. The van der Waals surface area contributed by atoms with Gasteiger partial charge in [0.25, 0.3) is 5.91 Å². The molecule has 1 saturated heterocycles. The highest BCUT2D eigenvalue weighted by Crippen LogP contribution is 2.14. The molecule has 1 aromatic heterocycles. The first-order chi connectivity index (χ1) is 15.7. The number of rotatable bonds is 9. The predicted octanol–water partition coefficient (Wildman–Crippen LogP) is 2.81. The number of hydrogen-bond donors (Lipinski definition) is 1. The second-order valence-electron chi connectivity index (χ2n) is 8.15. The van der Waals surface area contributed by atoms with Gasteiger partial charge >= 0.3 is 0 Å². The molecule has 32 heavy (non-hydrogen) atoms. The number of amides is 1. The van der Waals surface area contributed by atoms with E-state index in [1.54, 1.807) is 4.68 Å². The fraction of sp³-hybridized carbons (Fsp3) is 0.400. The highest BCUT2D eigenvalue weighted by atomic mass is 16.5. The molecule has 4 rings (SSSR count). The predicted molar refractivity (Wildman–Crippen MR) is 124 cm³/mol. The normalized spacial score (nSPS) is 14.4. The summed E-state index contributed by atoms with van der Waals surface area (Å²) in [5.41, 5.74) is 3.30. The summed E-state index contributed by atoms with van der Waals surface area (Å²) in [6.45, 7) is 7.11. The lowest BCUT2D eigenvalue weighted by atomic mass is 10.1. The molecular weight excluding hydrogens is 402 g/mol. The smallest absolute Gasteiger partial charge is 0.290 e. The Morgan fingerprint density at radius 3 is 2.66 bits per heavy atom. The number of ether oxygens (including phenoxy) is 1. The fourth-order valence-corrected chi connectivity index (χ4v) is 3.88. The molecule has 0 atom stereocenters. The van der Waals surface area contributed by atoms with Gasteiger partial charge in [-0.2, -0.15) is 0 Å². The van der Waals surface area contributed by atoms with Gasteiger partial charge in [0.15, 0.2) is 0 Å². The van der Waals surface area contributed by atoms with Crippen molar-refractivity contribution >= 4 is 5.91 Å². The van der Waals surface area contributed by atoms with Crippen LogP contribution in [0.25, 0.3) is 5.69 Å². The maximum absolute atomic E-state index is 12.8. The van der Waals surface area contributed by atoms with Crippen LogP contribution in [0.3, 0.4) is 0 Å². The van der Waals surface area contributed by atoms with Gasteiger partial charge in [0.1, 0.15) is 5.82 Å². The van der Waals surface area contributed by atoms with E-state index in [9.17, 15) is 4.79 Å². The third kappa shape index (κ3) is 6.02. The van der Waals surface area contributed by atoms with E-state index >= 15 is 0 Å². The Balaban J connectivity index is 1.42. The molecule has 0 aliphatic carbocycles. The summed E-state index contributed by atoms with van der Waals surface area (Å²) in [6, 6.07) is 18.4. The third-order valence-electron chi connectivity index (χ3n) is 5.64. The van der Waals surface area contributed by atoms with Gasteiger partial charge in [-0.3, -0.25) is 9.69 Å². The van der Waals surface area contributed by atoms with Gasteiger partial charge in [0, 0.05) is 26.1 Å². The Labute approximate surface area is 189 Å². The molecule has 0 bridgehead atoms. The van der Waals surface area contributed by atoms with Crippen molar-refractivity contribution < 1.29 is 9.53 Å². The van der Waals surface area contributed by atoms with E-state index in [4.69, 9.17) is 4.74 Å². The first-order valence-electron chi connectivity index (χ1n) is 11.3. The minimum Gasteiger partial charge on any atom is -0.379 e. The Kier molecular flexibility index (Phi) is 7.64. The summed E-state index contributed by atoms with van der Waals surface area (Å²) in [5, 5.41) is 7.55. The van der Waals surface area contributed by atoms with Gasteiger partial charge in [0.2, 0.25) is 5.82 Å². The molecule has 0 radical (unpaired) electrons. The summed E-state index contributed by atoms with van der Waals surface area (Å²) >= 11 is 0. The second kappa shape index (κ2) is 11.0. The van der Waals surface area contributed by atoms with E-state index in [1.807, 2.05) is 43.3 Å². The summed E-state index contributed by atoms with van der Waals surface area (Å²) < 4.78 is 7.18. The average Bonchev–Trinajstić information content (AvgIpc) is 3.26. The van der Waals surface area contributed by atoms with Gasteiger partial charge in [-0.05, 0) is 49.6 Å². The third-order valence-corrected chi connectivity index (χ3v) is 5.64. The van der Waals surface area contributed by atoms with E-state index < -0.39 is 0 Å². The molecule has 0 unspecified atom stereocenters. The number of carbonyl (C=O) groups is 1. The van der Waals surface area contributed by atoms with Crippen LogP contribution in [0.4, 0.5) is 0 Å².